The molecule has 0 aliphatic rings. The Morgan fingerprint density at radius 3 is 2.50 bits per heavy atom. The van der Waals surface area contributed by atoms with Gasteiger partial charge in [0.25, 0.3) is 0 Å². The highest BCUT2D eigenvalue weighted by Gasteiger charge is 2.15. The van der Waals surface area contributed by atoms with Gasteiger partial charge < -0.3 is 9.47 Å². The first-order valence-corrected chi connectivity index (χ1v) is 5.03. The second kappa shape index (κ2) is 5.35. The van der Waals surface area contributed by atoms with Gasteiger partial charge in [-0.05, 0) is 31.5 Å². The first kappa shape index (κ1) is 12.3. The highest BCUT2D eigenvalue weighted by molar-refractivity contribution is 5.94. The van der Waals surface area contributed by atoms with E-state index in [4.69, 9.17) is 9.47 Å². The van der Waals surface area contributed by atoms with Gasteiger partial charge in [0, 0.05) is 5.56 Å². The number of ether oxygens (including phenoxy) is 2. The molecule has 1 rings (SSSR count). The van der Waals surface area contributed by atoms with Gasteiger partial charge in [0.1, 0.15) is 11.3 Å². The van der Waals surface area contributed by atoms with E-state index >= 15 is 0 Å². The molecule has 16 heavy (non-hydrogen) atoms. The van der Waals surface area contributed by atoms with Crippen molar-refractivity contribution >= 4 is 12.0 Å². The van der Waals surface area contributed by atoms with E-state index in [2.05, 4.69) is 0 Å². The standard InChI is InChI=1S/C13H16O3/c1-5-6-10-7-9(2)8-11(12(10)15-3)13(14)16-4/h5-8H,1-4H3/b6-5+. The van der Waals surface area contributed by atoms with Crippen LogP contribution in [-0.4, -0.2) is 20.2 Å². The summed E-state index contributed by atoms with van der Waals surface area (Å²) in [7, 11) is 2.91. The minimum atomic E-state index is -0.383. The minimum Gasteiger partial charge on any atom is -0.495 e. The van der Waals surface area contributed by atoms with Gasteiger partial charge >= 0.3 is 5.97 Å². The molecule has 0 amide bonds. The Hall–Kier alpha value is -1.77. The van der Waals surface area contributed by atoms with Crippen LogP contribution in [0.4, 0.5) is 0 Å². The zero-order chi connectivity index (χ0) is 12.1. The van der Waals surface area contributed by atoms with Gasteiger partial charge in [0.15, 0.2) is 0 Å². The predicted molar refractivity (Wildman–Crippen MR) is 63.8 cm³/mol. The number of aryl methyl sites for hydroxylation is 1. The van der Waals surface area contributed by atoms with Crippen LogP contribution in [-0.2, 0) is 4.74 Å². The Bertz CT molecular complexity index is 419. The molecule has 86 valence electrons. The SMILES string of the molecule is C/C=C/c1cc(C)cc(C(=O)OC)c1OC. The van der Waals surface area contributed by atoms with Crippen molar-refractivity contribution in [2.24, 2.45) is 0 Å². The molecule has 1 aromatic rings. The molecule has 0 aliphatic carbocycles. The molecule has 0 aliphatic heterocycles. The number of carbonyl (C=O) groups is 1. The Labute approximate surface area is 95.7 Å². The van der Waals surface area contributed by atoms with Gasteiger partial charge in [0.05, 0.1) is 14.2 Å². The third-order valence-electron chi connectivity index (χ3n) is 2.22. The average Bonchev–Trinajstić information content (AvgIpc) is 2.27. The van der Waals surface area contributed by atoms with Gasteiger partial charge in [-0.3, -0.25) is 0 Å². The maximum Gasteiger partial charge on any atom is 0.341 e. The van der Waals surface area contributed by atoms with Gasteiger partial charge in [-0.25, -0.2) is 4.79 Å². The molecule has 0 unspecified atom stereocenters. The van der Waals surface area contributed by atoms with Crippen LogP contribution in [0, 0.1) is 6.92 Å². The fourth-order valence-electron chi connectivity index (χ4n) is 1.59. The van der Waals surface area contributed by atoms with Crippen molar-refractivity contribution < 1.29 is 14.3 Å². The van der Waals surface area contributed by atoms with Crippen molar-refractivity contribution in [2.75, 3.05) is 14.2 Å². The lowest BCUT2D eigenvalue weighted by Crippen LogP contribution is -2.05. The fraction of sp³-hybridized carbons (Fsp3) is 0.308. The molecule has 0 spiro atoms. The smallest absolute Gasteiger partial charge is 0.341 e. The molecule has 0 radical (unpaired) electrons. The average molecular weight is 220 g/mol. The molecule has 0 heterocycles. The second-order valence-electron chi connectivity index (χ2n) is 3.43. The number of allylic oxidation sites excluding steroid dienone is 1. The van der Waals surface area contributed by atoms with E-state index in [1.165, 1.54) is 7.11 Å². The third kappa shape index (κ3) is 2.42. The second-order valence-corrected chi connectivity index (χ2v) is 3.43. The number of methoxy groups -OCH3 is 2. The summed E-state index contributed by atoms with van der Waals surface area (Å²) in [6.45, 7) is 3.85. The van der Waals surface area contributed by atoms with Gasteiger partial charge in [-0.15, -0.1) is 0 Å². The quantitative estimate of drug-likeness (QED) is 0.735. The van der Waals surface area contributed by atoms with Crippen molar-refractivity contribution in [3.8, 4) is 5.75 Å². The lowest BCUT2D eigenvalue weighted by Gasteiger charge is -2.11. The Balaban J connectivity index is 3.41. The summed E-state index contributed by atoms with van der Waals surface area (Å²) in [5.41, 5.74) is 2.33. The molecule has 3 heteroatoms. The maximum atomic E-state index is 11.6. The van der Waals surface area contributed by atoms with Crippen molar-refractivity contribution in [1.82, 2.24) is 0 Å². The highest BCUT2D eigenvalue weighted by atomic mass is 16.5. The topological polar surface area (TPSA) is 35.5 Å². The van der Waals surface area contributed by atoms with E-state index in [0.717, 1.165) is 11.1 Å². The van der Waals surface area contributed by atoms with Gasteiger partial charge in [-0.2, -0.15) is 0 Å². The van der Waals surface area contributed by atoms with Crippen LogP contribution >= 0.6 is 0 Å². The molecule has 0 saturated carbocycles. The van der Waals surface area contributed by atoms with Crippen molar-refractivity contribution in [2.45, 2.75) is 13.8 Å². The molecular weight excluding hydrogens is 204 g/mol. The maximum absolute atomic E-state index is 11.6. The lowest BCUT2D eigenvalue weighted by atomic mass is 10.0. The number of rotatable bonds is 3. The van der Waals surface area contributed by atoms with Crippen LogP contribution in [0.5, 0.6) is 5.75 Å². The highest BCUT2D eigenvalue weighted by Crippen LogP contribution is 2.27. The number of hydrogen-bond donors (Lipinski definition) is 0. The molecule has 0 N–H and O–H groups in total. The number of carbonyl (C=O) groups excluding carboxylic acids is 1. The fourth-order valence-corrected chi connectivity index (χ4v) is 1.59. The predicted octanol–water partition coefficient (Wildman–Crippen LogP) is 2.82. The van der Waals surface area contributed by atoms with E-state index in [1.807, 2.05) is 32.1 Å². The van der Waals surface area contributed by atoms with Gasteiger partial charge in [0.2, 0.25) is 0 Å². The van der Waals surface area contributed by atoms with E-state index in [0.29, 0.717) is 11.3 Å². The van der Waals surface area contributed by atoms with Crippen LogP contribution in [0.25, 0.3) is 6.08 Å². The van der Waals surface area contributed by atoms with Crippen LogP contribution in [0.2, 0.25) is 0 Å². The monoisotopic (exact) mass is 220 g/mol. The summed E-state index contributed by atoms with van der Waals surface area (Å²) in [5, 5.41) is 0. The number of hydrogen-bond acceptors (Lipinski definition) is 3. The Morgan fingerprint density at radius 2 is 2.00 bits per heavy atom. The molecule has 0 aromatic heterocycles. The van der Waals surface area contributed by atoms with Crippen LogP contribution < -0.4 is 4.74 Å². The van der Waals surface area contributed by atoms with E-state index < -0.39 is 0 Å². The molecule has 0 fully saturated rings. The van der Waals surface area contributed by atoms with E-state index in [-0.39, 0.29) is 5.97 Å². The van der Waals surface area contributed by atoms with Crippen molar-refractivity contribution in [1.29, 1.82) is 0 Å². The summed E-state index contributed by atoms with van der Waals surface area (Å²) < 4.78 is 9.98. The first-order chi connectivity index (χ1) is 7.63. The van der Waals surface area contributed by atoms with Crippen LogP contribution in [0.1, 0.15) is 28.4 Å². The van der Waals surface area contributed by atoms with Crippen molar-refractivity contribution in [3.63, 3.8) is 0 Å². The number of benzene rings is 1. The Morgan fingerprint density at radius 1 is 1.31 bits per heavy atom. The summed E-state index contributed by atoms with van der Waals surface area (Å²) in [5.74, 6) is 0.168. The summed E-state index contributed by atoms with van der Waals surface area (Å²) in [4.78, 5) is 11.6. The molecule has 1 aromatic carbocycles. The first-order valence-electron chi connectivity index (χ1n) is 5.03. The van der Waals surface area contributed by atoms with Crippen molar-refractivity contribution in [3.05, 3.63) is 34.9 Å². The Kier molecular flexibility index (Phi) is 4.11. The number of esters is 1. The minimum absolute atomic E-state index is 0.383. The van der Waals surface area contributed by atoms with E-state index in [1.54, 1.807) is 13.2 Å². The molecule has 0 bridgehead atoms. The van der Waals surface area contributed by atoms with E-state index in [9.17, 15) is 4.79 Å². The molecule has 3 nitrogen and oxygen atoms in total. The third-order valence-corrected chi connectivity index (χ3v) is 2.22. The summed E-state index contributed by atoms with van der Waals surface area (Å²) in [6, 6.07) is 3.73. The van der Waals surface area contributed by atoms with Gasteiger partial charge in [-0.1, -0.05) is 12.2 Å². The normalized spacial score (nSPS) is 10.5. The molecule has 0 atom stereocenters. The summed E-state index contributed by atoms with van der Waals surface area (Å²) in [6.07, 6.45) is 3.80. The lowest BCUT2D eigenvalue weighted by molar-refractivity contribution is 0.0597. The zero-order valence-corrected chi connectivity index (χ0v) is 10.0. The molecule has 0 saturated heterocycles. The largest absolute Gasteiger partial charge is 0.495 e. The summed E-state index contributed by atoms with van der Waals surface area (Å²) >= 11 is 0. The molecular formula is C13H16O3. The van der Waals surface area contributed by atoms with Crippen LogP contribution in [0.15, 0.2) is 18.2 Å². The zero-order valence-electron chi connectivity index (χ0n) is 10.0. The van der Waals surface area contributed by atoms with Crippen LogP contribution in [0.3, 0.4) is 0 Å².